The Morgan fingerprint density at radius 3 is 2.81 bits per heavy atom. The van der Waals surface area contributed by atoms with Crippen LogP contribution in [-0.4, -0.2) is 63.8 Å². The molecule has 26 heavy (non-hydrogen) atoms. The molecule has 2 N–H and O–H groups in total. The molecular formula is C17H21N5O4. The van der Waals surface area contributed by atoms with E-state index in [1.165, 1.54) is 0 Å². The molecule has 1 aliphatic carbocycles. The number of likely N-dealkylation sites (tertiary alicyclic amines) is 1. The summed E-state index contributed by atoms with van der Waals surface area (Å²) in [4.78, 5) is 58.3. The third kappa shape index (κ3) is 2.58. The molecule has 9 heteroatoms. The van der Waals surface area contributed by atoms with Crippen molar-refractivity contribution in [2.24, 2.45) is 0 Å². The van der Waals surface area contributed by atoms with E-state index in [2.05, 4.69) is 15.3 Å². The molecule has 1 atom stereocenters. The van der Waals surface area contributed by atoms with E-state index < -0.39 is 6.03 Å². The monoisotopic (exact) mass is 359 g/mol. The molecular weight excluding hydrogens is 338 g/mol. The van der Waals surface area contributed by atoms with E-state index in [9.17, 15) is 19.2 Å². The van der Waals surface area contributed by atoms with Gasteiger partial charge in [-0.15, -0.1) is 0 Å². The second-order valence-electron chi connectivity index (χ2n) is 7.32. The van der Waals surface area contributed by atoms with Crippen LogP contribution >= 0.6 is 0 Å². The van der Waals surface area contributed by atoms with Gasteiger partial charge in [-0.3, -0.25) is 19.3 Å². The molecule has 4 amide bonds. The Hall–Kier alpha value is -2.71. The highest BCUT2D eigenvalue weighted by Crippen LogP contribution is 2.42. The molecule has 3 heterocycles. The van der Waals surface area contributed by atoms with Gasteiger partial charge in [0.25, 0.3) is 11.5 Å². The maximum Gasteiger partial charge on any atom is 0.325 e. The average molecular weight is 359 g/mol. The van der Waals surface area contributed by atoms with E-state index in [4.69, 9.17) is 0 Å². The number of imide groups is 1. The lowest BCUT2D eigenvalue weighted by atomic mass is 9.77. The van der Waals surface area contributed by atoms with Crippen LogP contribution in [0.3, 0.4) is 0 Å². The molecule has 2 fully saturated rings. The van der Waals surface area contributed by atoms with Crippen LogP contribution in [0.4, 0.5) is 4.79 Å². The number of hydrogen-bond acceptors (Lipinski definition) is 5. The summed E-state index contributed by atoms with van der Waals surface area (Å²) in [6.45, 7) is 2.52. The normalized spacial score (nSPS) is 25.0. The number of aryl methyl sites for hydroxylation is 1. The molecule has 4 rings (SSSR count). The van der Waals surface area contributed by atoms with Crippen LogP contribution < -0.4 is 10.9 Å². The first-order valence-electron chi connectivity index (χ1n) is 8.86. The largest absolute Gasteiger partial charge is 0.340 e. The summed E-state index contributed by atoms with van der Waals surface area (Å²) in [6.07, 6.45) is 3.13. The average Bonchev–Trinajstić information content (AvgIpc) is 3.10. The van der Waals surface area contributed by atoms with Gasteiger partial charge in [0.1, 0.15) is 12.4 Å². The fourth-order valence-electron chi connectivity index (χ4n) is 4.36. The van der Waals surface area contributed by atoms with Crippen molar-refractivity contribution < 1.29 is 14.4 Å². The van der Waals surface area contributed by atoms with E-state index in [0.717, 1.165) is 35.4 Å². The molecule has 0 bridgehead atoms. The minimum atomic E-state index is -0.523. The number of aromatic amines is 1. The van der Waals surface area contributed by atoms with E-state index >= 15 is 0 Å². The standard InChI is InChI=1S/C17H21N5O4/c1-10-19-14-11(15(25)20-10)3-5-17(14)4-2-6-21(9-17)13(24)8-22-12(23)7-18-16(22)26/h2-9H2,1H3,(H,18,26)(H,19,20,25). The van der Waals surface area contributed by atoms with E-state index in [1.807, 2.05) is 0 Å². The third-order valence-corrected chi connectivity index (χ3v) is 5.65. The molecule has 0 aromatic carbocycles. The number of hydrogen-bond donors (Lipinski definition) is 2. The number of urea groups is 1. The molecule has 2 saturated heterocycles. The van der Waals surface area contributed by atoms with Crippen molar-refractivity contribution in [3.63, 3.8) is 0 Å². The first-order chi connectivity index (χ1) is 12.4. The molecule has 0 radical (unpaired) electrons. The van der Waals surface area contributed by atoms with Crippen molar-refractivity contribution in [2.45, 2.75) is 38.0 Å². The molecule has 9 nitrogen and oxygen atoms in total. The van der Waals surface area contributed by atoms with E-state index in [0.29, 0.717) is 25.3 Å². The fraction of sp³-hybridized carbons (Fsp3) is 0.588. The highest BCUT2D eigenvalue weighted by atomic mass is 16.2. The zero-order valence-electron chi connectivity index (χ0n) is 14.6. The second-order valence-corrected chi connectivity index (χ2v) is 7.32. The predicted octanol–water partition coefficient (Wildman–Crippen LogP) is -0.563. The number of rotatable bonds is 2. The Bertz CT molecular complexity index is 847. The Morgan fingerprint density at radius 1 is 1.27 bits per heavy atom. The Kier molecular flexibility index (Phi) is 3.82. The minimum absolute atomic E-state index is 0.0601. The Labute approximate surface area is 149 Å². The Balaban J connectivity index is 1.56. The van der Waals surface area contributed by atoms with Gasteiger partial charge >= 0.3 is 6.03 Å². The van der Waals surface area contributed by atoms with Crippen LogP contribution in [0.2, 0.25) is 0 Å². The molecule has 1 aromatic heterocycles. The highest BCUT2D eigenvalue weighted by Gasteiger charge is 2.46. The number of H-pyrrole nitrogens is 1. The summed E-state index contributed by atoms with van der Waals surface area (Å²) >= 11 is 0. The summed E-state index contributed by atoms with van der Waals surface area (Å²) in [5.74, 6) is -0.0487. The lowest BCUT2D eigenvalue weighted by Gasteiger charge is -2.40. The molecule has 1 aromatic rings. The van der Waals surface area contributed by atoms with E-state index in [-0.39, 0.29) is 35.9 Å². The number of amides is 4. The number of aromatic nitrogens is 2. The SMILES string of the molecule is Cc1nc2c(c(=O)[nH]1)CCC21CCCN(C(=O)CN2C(=O)CNC2=O)C1. The molecule has 1 unspecified atom stereocenters. The zero-order chi connectivity index (χ0) is 18.5. The van der Waals surface area contributed by atoms with Crippen LogP contribution in [0.25, 0.3) is 0 Å². The minimum Gasteiger partial charge on any atom is -0.340 e. The molecule has 0 saturated carbocycles. The number of fused-ring (bicyclic) bond motifs is 2. The third-order valence-electron chi connectivity index (χ3n) is 5.65. The second kappa shape index (κ2) is 5.93. The van der Waals surface area contributed by atoms with E-state index in [1.54, 1.807) is 11.8 Å². The van der Waals surface area contributed by atoms with Crippen molar-refractivity contribution in [3.05, 3.63) is 27.4 Å². The quantitative estimate of drug-likeness (QED) is 0.687. The van der Waals surface area contributed by atoms with Crippen LogP contribution in [0.1, 0.15) is 36.3 Å². The van der Waals surface area contributed by atoms with Gasteiger partial charge in [-0.25, -0.2) is 9.78 Å². The number of carbonyl (C=O) groups excluding carboxylic acids is 3. The van der Waals surface area contributed by atoms with Crippen molar-refractivity contribution in [1.82, 2.24) is 25.1 Å². The first-order valence-corrected chi connectivity index (χ1v) is 8.86. The summed E-state index contributed by atoms with van der Waals surface area (Å²) in [5, 5.41) is 2.42. The molecule has 2 aliphatic heterocycles. The molecule has 138 valence electrons. The zero-order valence-corrected chi connectivity index (χ0v) is 14.6. The molecule has 3 aliphatic rings. The van der Waals surface area contributed by atoms with Gasteiger partial charge in [0, 0.05) is 24.1 Å². The van der Waals surface area contributed by atoms with Crippen molar-refractivity contribution in [1.29, 1.82) is 0 Å². The van der Waals surface area contributed by atoms with Gasteiger partial charge in [-0.05, 0) is 32.6 Å². The van der Waals surface area contributed by atoms with Gasteiger partial charge in [0.2, 0.25) is 5.91 Å². The summed E-state index contributed by atoms with van der Waals surface area (Å²) in [6, 6.07) is -0.523. The van der Waals surface area contributed by atoms with Crippen LogP contribution in [-0.2, 0) is 21.4 Å². The maximum absolute atomic E-state index is 12.7. The van der Waals surface area contributed by atoms with Crippen LogP contribution in [0, 0.1) is 6.92 Å². The van der Waals surface area contributed by atoms with Crippen LogP contribution in [0.15, 0.2) is 4.79 Å². The summed E-state index contributed by atoms with van der Waals surface area (Å²) < 4.78 is 0. The smallest absolute Gasteiger partial charge is 0.325 e. The van der Waals surface area contributed by atoms with Crippen molar-refractivity contribution in [2.75, 3.05) is 26.2 Å². The van der Waals surface area contributed by atoms with Gasteiger partial charge in [0.15, 0.2) is 0 Å². The Morgan fingerprint density at radius 2 is 2.08 bits per heavy atom. The van der Waals surface area contributed by atoms with Crippen molar-refractivity contribution in [3.8, 4) is 0 Å². The van der Waals surface area contributed by atoms with Crippen molar-refractivity contribution >= 4 is 17.8 Å². The number of piperidine rings is 1. The lowest BCUT2D eigenvalue weighted by molar-refractivity contribution is -0.138. The van der Waals surface area contributed by atoms with Gasteiger partial charge in [-0.2, -0.15) is 0 Å². The maximum atomic E-state index is 12.7. The topological polar surface area (TPSA) is 115 Å². The van der Waals surface area contributed by atoms with Gasteiger partial charge in [-0.1, -0.05) is 0 Å². The number of carbonyl (C=O) groups is 3. The number of nitrogens with zero attached hydrogens (tertiary/aromatic N) is 3. The summed E-state index contributed by atoms with van der Waals surface area (Å²) in [7, 11) is 0. The fourth-order valence-corrected chi connectivity index (χ4v) is 4.36. The van der Waals surface area contributed by atoms with Gasteiger partial charge in [0.05, 0.1) is 12.2 Å². The van der Waals surface area contributed by atoms with Gasteiger partial charge < -0.3 is 15.2 Å². The molecule has 1 spiro atoms. The number of nitrogens with one attached hydrogen (secondary N) is 2. The van der Waals surface area contributed by atoms with Crippen LogP contribution in [0.5, 0.6) is 0 Å². The first kappa shape index (κ1) is 16.7. The summed E-state index contributed by atoms with van der Waals surface area (Å²) in [5.41, 5.74) is 1.14. The lowest BCUT2D eigenvalue weighted by Crippen LogP contribution is -2.51. The predicted molar refractivity (Wildman–Crippen MR) is 90.5 cm³/mol. The highest BCUT2D eigenvalue weighted by molar-refractivity contribution is 6.04.